The van der Waals surface area contributed by atoms with Crippen molar-refractivity contribution in [2.75, 3.05) is 20.2 Å². The maximum Gasteiger partial charge on any atom is 0.335 e. The zero-order valence-electron chi connectivity index (χ0n) is 19.8. The number of carboxylic acid groups (broad SMARTS) is 1. The minimum atomic E-state index is -0.952. The van der Waals surface area contributed by atoms with Gasteiger partial charge in [0.25, 0.3) is 0 Å². The number of pyridine rings is 1. The number of aromatic amines is 1. The highest BCUT2D eigenvalue weighted by Crippen LogP contribution is 2.35. The van der Waals surface area contributed by atoms with Crippen LogP contribution in [-0.2, 0) is 11.3 Å². The molecule has 0 bridgehead atoms. The van der Waals surface area contributed by atoms with Gasteiger partial charge in [0.2, 0.25) is 5.91 Å². The number of H-pyrrole nitrogens is 1. The summed E-state index contributed by atoms with van der Waals surface area (Å²) in [6.07, 6.45) is 3.08. The van der Waals surface area contributed by atoms with Crippen LogP contribution in [0.1, 0.15) is 15.9 Å². The summed E-state index contributed by atoms with van der Waals surface area (Å²) < 4.78 is 5.64. The Morgan fingerprint density at radius 3 is 2.64 bits per heavy atom. The fourth-order valence-corrected chi connectivity index (χ4v) is 4.47. The van der Waals surface area contributed by atoms with Crippen LogP contribution in [0.5, 0.6) is 5.75 Å². The van der Waals surface area contributed by atoms with Crippen LogP contribution in [0.4, 0.5) is 0 Å². The molecule has 1 amide bonds. The van der Waals surface area contributed by atoms with Crippen molar-refractivity contribution in [2.24, 2.45) is 0 Å². The number of fused-ring (bicyclic) bond motifs is 1. The standard InChI is InChI=1S/C28H26N4O4/c1-3-26(33)32-15-20(16-32)30-14-17-4-9-25(36-2)23(12-17)24-13-22-21(10-11-29-27(22)31-24)18-5-7-19(8-6-18)28(34)35/h3-13,20,30H,1,14-16H2,2H3,(H,29,31)(H,34,35). The average Bonchev–Trinajstić information content (AvgIpc) is 3.32. The van der Waals surface area contributed by atoms with Crippen LogP contribution in [0.25, 0.3) is 33.4 Å². The lowest BCUT2D eigenvalue weighted by molar-refractivity contribution is -0.130. The van der Waals surface area contributed by atoms with E-state index >= 15 is 0 Å². The van der Waals surface area contributed by atoms with Gasteiger partial charge in [-0.1, -0.05) is 24.8 Å². The number of hydrogen-bond acceptors (Lipinski definition) is 5. The average molecular weight is 483 g/mol. The fraction of sp³-hybridized carbons (Fsp3) is 0.179. The van der Waals surface area contributed by atoms with Crippen molar-refractivity contribution < 1.29 is 19.4 Å². The molecule has 182 valence electrons. The highest BCUT2D eigenvalue weighted by molar-refractivity contribution is 5.97. The molecule has 1 aliphatic rings. The molecular formula is C28H26N4O4. The molecule has 8 heteroatoms. The summed E-state index contributed by atoms with van der Waals surface area (Å²) in [5, 5.41) is 13.6. The summed E-state index contributed by atoms with van der Waals surface area (Å²) >= 11 is 0. The first kappa shape index (κ1) is 23.3. The van der Waals surface area contributed by atoms with Crippen LogP contribution in [0.3, 0.4) is 0 Å². The third-order valence-electron chi connectivity index (χ3n) is 6.49. The Bertz CT molecular complexity index is 1450. The van der Waals surface area contributed by atoms with E-state index in [0.717, 1.165) is 44.7 Å². The molecular weight excluding hydrogens is 456 g/mol. The van der Waals surface area contributed by atoms with E-state index in [-0.39, 0.29) is 17.5 Å². The van der Waals surface area contributed by atoms with Crippen molar-refractivity contribution in [2.45, 2.75) is 12.6 Å². The number of carbonyl (C=O) groups excluding carboxylic acids is 1. The second-order valence-electron chi connectivity index (χ2n) is 8.75. The number of carboxylic acids is 1. The van der Waals surface area contributed by atoms with Crippen LogP contribution in [-0.4, -0.2) is 58.1 Å². The maximum atomic E-state index is 11.7. The minimum Gasteiger partial charge on any atom is -0.496 e. The van der Waals surface area contributed by atoms with E-state index in [0.29, 0.717) is 19.6 Å². The molecule has 1 saturated heterocycles. The van der Waals surface area contributed by atoms with Gasteiger partial charge in [0.15, 0.2) is 0 Å². The van der Waals surface area contributed by atoms with Gasteiger partial charge in [0, 0.05) is 42.8 Å². The van der Waals surface area contributed by atoms with E-state index in [1.165, 1.54) is 6.08 Å². The van der Waals surface area contributed by atoms with Crippen molar-refractivity contribution in [3.05, 3.63) is 84.6 Å². The van der Waals surface area contributed by atoms with Gasteiger partial charge in [-0.15, -0.1) is 0 Å². The van der Waals surface area contributed by atoms with Gasteiger partial charge in [0.1, 0.15) is 11.4 Å². The van der Waals surface area contributed by atoms with Crippen molar-refractivity contribution >= 4 is 22.9 Å². The number of nitrogens with zero attached hydrogens (tertiary/aromatic N) is 2. The SMILES string of the molecule is C=CC(=O)N1CC(NCc2ccc(OC)c(-c3cc4c(-c5ccc(C(=O)O)cc5)ccnc4[nH]3)c2)C1. The van der Waals surface area contributed by atoms with Crippen LogP contribution in [0.15, 0.2) is 73.4 Å². The van der Waals surface area contributed by atoms with Crippen molar-refractivity contribution in [1.82, 2.24) is 20.2 Å². The van der Waals surface area contributed by atoms with E-state index in [9.17, 15) is 14.7 Å². The van der Waals surface area contributed by atoms with Crippen molar-refractivity contribution in [1.29, 1.82) is 0 Å². The normalized spacial score (nSPS) is 13.4. The number of rotatable bonds is 8. The molecule has 0 radical (unpaired) electrons. The van der Waals surface area contributed by atoms with E-state index in [2.05, 4.69) is 27.9 Å². The second-order valence-corrected chi connectivity index (χ2v) is 8.75. The fourth-order valence-electron chi connectivity index (χ4n) is 4.47. The molecule has 3 N–H and O–H groups in total. The number of methoxy groups -OCH3 is 1. The predicted octanol–water partition coefficient (Wildman–Crippen LogP) is 4.09. The van der Waals surface area contributed by atoms with Gasteiger partial charge in [-0.3, -0.25) is 4.79 Å². The number of carbonyl (C=O) groups is 2. The molecule has 2 aromatic carbocycles. The zero-order chi connectivity index (χ0) is 25.2. The Hall–Kier alpha value is -4.43. The number of amides is 1. The Labute approximate surface area is 208 Å². The molecule has 5 rings (SSSR count). The van der Waals surface area contributed by atoms with Crippen LogP contribution < -0.4 is 10.1 Å². The molecule has 1 aliphatic heterocycles. The molecule has 0 atom stereocenters. The summed E-state index contributed by atoms with van der Waals surface area (Å²) in [6, 6.07) is 17.1. The molecule has 8 nitrogen and oxygen atoms in total. The first-order chi connectivity index (χ1) is 17.5. The van der Waals surface area contributed by atoms with Gasteiger partial charge in [-0.25, -0.2) is 9.78 Å². The summed E-state index contributed by atoms with van der Waals surface area (Å²) in [4.78, 5) is 32.5. The van der Waals surface area contributed by atoms with Crippen LogP contribution in [0.2, 0.25) is 0 Å². The first-order valence-corrected chi connectivity index (χ1v) is 11.6. The van der Waals surface area contributed by atoms with E-state index in [1.54, 1.807) is 30.3 Å². The largest absolute Gasteiger partial charge is 0.496 e. The highest BCUT2D eigenvalue weighted by Gasteiger charge is 2.28. The molecule has 0 aliphatic carbocycles. The Balaban J connectivity index is 1.41. The smallest absolute Gasteiger partial charge is 0.335 e. The van der Waals surface area contributed by atoms with E-state index < -0.39 is 5.97 Å². The zero-order valence-corrected chi connectivity index (χ0v) is 19.8. The highest BCUT2D eigenvalue weighted by atomic mass is 16.5. The number of likely N-dealkylation sites (tertiary alicyclic amines) is 1. The summed E-state index contributed by atoms with van der Waals surface area (Å²) in [5.41, 5.74) is 5.73. The number of benzene rings is 2. The molecule has 1 fully saturated rings. The summed E-state index contributed by atoms with van der Waals surface area (Å²) in [5.74, 6) is -0.250. The Morgan fingerprint density at radius 2 is 1.94 bits per heavy atom. The third kappa shape index (κ3) is 4.46. The topological polar surface area (TPSA) is 108 Å². The van der Waals surface area contributed by atoms with E-state index in [1.807, 2.05) is 36.4 Å². The molecule has 2 aromatic heterocycles. The van der Waals surface area contributed by atoms with Gasteiger partial charge in [-0.05, 0) is 59.2 Å². The second kappa shape index (κ2) is 9.67. The lowest BCUT2D eigenvalue weighted by atomic mass is 10.0. The third-order valence-corrected chi connectivity index (χ3v) is 6.49. The van der Waals surface area contributed by atoms with E-state index in [4.69, 9.17) is 4.74 Å². The first-order valence-electron chi connectivity index (χ1n) is 11.6. The lowest BCUT2D eigenvalue weighted by Gasteiger charge is -2.39. The van der Waals surface area contributed by atoms with Gasteiger partial charge in [0.05, 0.1) is 18.4 Å². The monoisotopic (exact) mass is 482 g/mol. The predicted molar refractivity (Wildman–Crippen MR) is 138 cm³/mol. The molecule has 0 unspecified atom stereocenters. The minimum absolute atomic E-state index is 0.0376. The molecule has 0 saturated carbocycles. The molecule has 3 heterocycles. The summed E-state index contributed by atoms with van der Waals surface area (Å²) in [6.45, 7) is 5.55. The van der Waals surface area contributed by atoms with Crippen molar-refractivity contribution in [3.8, 4) is 28.1 Å². The number of nitrogens with one attached hydrogen (secondary N) is 2. The molecule has 36 heavy (non-hydrogen) atoms. The van der Waals surface area contributed by atoms with Crippen LogP contribution in [0, 0.1) is 0 Å². The number of hydrogen-bond donors (Lipinski definition) is 3. The van der Waals surface area contributed by atoms with Gasteiger partial charge >= 0.3 is 5.97 Å². The molecule has 0 spiro atoms. The lowest BCUT2D eigenvalue weighted by Crippen LogP contribution is -2.59. The Kier molecular flexibility index (Phi) is 6.26. The number of ether oxygens (including phenoxy) is 1. The maximum absolute atomic E-state index is 11.7. The van der Waals surface area contributed by atoms with Crippen LogP contribution >= 0.6 is 0 Å². The van der Waals surface area contributed by atoms with Crippen molar-refractivity contribution in [3.63, 3.8) is 0 Å². The van der Waals surface area contributed by atoms with Gasteiger partial charge in [-0.2, -0.15) is 0 Å². The molecule has 4 aromatic rings. The quantitative estimate of drug-likeness (QED) is 0.327. The Morgan fingerprint density at radius 1 is 1.17 bits per heavy atom. The number of aromatic carboxylic acids is 1. The van der Waals surface area contributed by atoms with Gasteiger partial charge < -0.3 is 25.0 Å². The summed E-state index contributed by atoms with van der Waals surface area (Å²) in [7, 11) is 1.65. The number of aromatic nitrogens is 2.